The highest BCUT2D eigenvalue weighted by Crippen LogP contribution is 2.39. The van der Waals surface area contributed by atoms with Gasteiger partial charge in [-0.25, -0.2) is 4.98 Å². The summed E-state index contributed by atoms with van der Waals surface area (Å²) < 4.78 is 0. The van der Waals surface area contributed by atoms with Crippen LogP contribution in [0, 0.1) is 0 Å². The van der Waals surface area contributed by atoms with Gasteiger partial charge in [0, 0.05) is 29.8 Å². The molecule has 5 heteroatoms. The Morgan fingerprint density at radius 2 is 2.14 bits per heavy atom. The second-order valence-corrected chi connectivity index (χ2v) is 6.89. The van der Waals surface area contributed by atoms with Crippen molar-refractivity contribution >= 4 is 34.9 Å². The molecule has 0 radical (unpaired) electrons. The van der Waals surface area contributed by atoms with Crippen molar-refractivity contribution in [3.63, 3.8) is 0 Å². The highest BCUT2D eigenvalue weighted by atomic mass is 35.5. The van der Waals surface area contributed by atoms with Gasteiger partial charge in [0.1, 0.15) is 5.82 Å². The highest BCUT2D eigenvalue weighted by Gasteiger charge is 2.21. The molecule has 1 aliphatic heterocycles. The van der Waals surface area contributed by atoms with Crippen LogP contribution in [-0.2, 0) is 0 Å². The van der Waals surface area contributed by atoms with Gasteiger partial charge in [-0.15, -0.1) is 11.8 Å². The Hall–Kier alpha value is -1.39. The summed E-state index contributed by atoms with van der Waals surface area (Å²) in [7, 11) is 3.98. The number of thioether (sulfide) groups is 1. The average Bonchev–Trinajstić information content (AvgIpc) is 2.48. The molecule has 0 aliphatic carbocycles. The van der Waals surface area contributed by atoms with Crippen LogP contribution in [0.4, 0.5) is 11.5 Å². The minimum Gasteiger partial charge on any atom is -0.377 e. The Kier molecular flexibility index (Phi) is 4.27. The molecule has 1 aromatic heterocycles. The molecular weight excluding hydrogens is 302 g/mol. The van der Waals surface area contributed by atoms with Crippen LogP contribution >= 0.6 is 23.4 Å². The first kappa shape index (κ1) is 14.5. The lowest BCUT2D eigenvalue weighted by Crippen LogP contribution is -2.16. The van der Waals surface area contributed by atoms with Crippen LogP contribution in [0.5, 0.6) is 0 Å². The number of nitrogens with one attached hydrogen (secondary N) is 1. The number of rotatable bonds is 3. The SMILES string of the molecule is CN(C)c1ccc(NC2CCSc3ccc(Cl)cc32)cn1. The van der Waals surface area contributed by atoms with E-state index in [4.69, 9.17) is 11.6 Å². The van der Waals surface area contributed by atoms with Gasteiger partial charge in [0.05, 0.1) is 17.9 Å². The first-order valence-corrected chi connectivity index (χ1v) is 8.32. The second kappa shape index (κ2) is 6.16. The number of fused-ring (bicyclic) bond motifs is 1. The molecule has 1 aromatic carbocycles. The van der Waals surface area contributed by atoms with E-state index in [0.717, 1.165) is 28.7 Å². The van der Waals surface area contributed by atoms with Gasteiger partial charge < -0.3 is 10.2 Å². The van der Waals surface area contributed by atoms with E-state index in [9.17, 15) is 0 Å². The molecule has 0 bridgehead atoms. The zero-order valence-corrected chi connectivity index (χ0v) is 13.7. The molecule has 2 heterocycles. The molecular formula is C16H18ClN3S. The molecule has 1 aliphatic rings. The number of nitrogens with zero attached hydrogens (tertiary/aromatic N) is 2. The maximum absolute atomic E-state index is 6.15. The van der Waals surface area contributed by atoms with Gasteiger partial charge in [-0.3, -0.25) is 0 Å². The van der Waals surface area contributed by atoms with Gasteiger partial charge in [-0.1, -0.05) is 11.6 Å². The summed E-state index contributed by atoms with van der Waals surface area (Å²) in [5.41, 5.74) is 2.33. The van der Waals surface area contributed by atoms with E-state index in [1.807, 2.05) is 49.1 Å². The zero-order chi connectivity index (χ0) is 14.8. The first-order chi connectivity index (χ1) is 10.1. The number of pyridine rings is 1. The number of benzene rings is 1. The van der Waals surface area contributed by atoms with E-state index in [2.05, 4.69) is 28.5 Å². The summed E-state index contributed by atoms with van der Waals surface area (Å²) in [5.74, 6) is 2.08. The monoisotopic (exact) mass is 319 g/mol. The Morgan fingerprint density at radius 1 is 1.29 bits per heavy atom. The average molecular weight is 320 g/mol. The van der Waals surface area contributed by atoms with Gasteiger partial charge in [-0.05, 0) is 42.3 Å². The quantitative estimate of drug-likeness (QED) is 0.904. The fourth-order valence-electron chi connectivity index (χ4n) is 2.45. The third kappa shape index (κ3) is 3.27. The molecule has 21 heavy (non-hydrogen) atoms. The summed E-state index contributed by atoms with van der Waals surface area (Å²) in [6.07, 6.45) is 2.98. The molecule has 3 nitrogen and oxygen atoms in total. The molecule has 0 saturated carbocycles. The Balaban J connectivity index is 1.81. The number of hydrogen-bond acceptors (Lipinski definition) is 4. The van der Waals surface area contributed by atoms with Crippen molar-refractivity contribution in [2.45, 2.75) is 17.4 Å². The summed E-state index contributed by atoms with van der Waals surface area (Å²) >= 11 is 8.04. The van der Waals surface area contributed by atoms with Crippen LogP contribution in [0.3, 0.4) is 0 Å². The van der Waals surface area contributed by atoms with Gasteiger partial charge in [-0.2, -0.15) is 0 Å². The Labute approximate surface area is 134 Å². The lowest BCUT2D eigenvalue weighted by molar-refractivity contribution is 0.728. The number of anilines is 2. The normalized spacial score (nSPS) is 17.2. The third-order valence-electron chi connectivity index (χ3n) is 3.56. The minimum absolute atomic E-state index is 0.298. The molecule has 0 fully saturated rings. The van der Waals surface area contributed by atoms with Crippen molar-refractivity contribution < 1.29 is 0 Å². The van der Waals surface area contributed by atoms with Crippen LogP contribution in [0.15, 0.2) is 41.4 Å². The van der Waals surface area contributed by atoms with Gasteiger partial charge in [0.15, 0.2) is 0 Å². The van der Waals surface area contributed by atoms with Crippen molar-refractivity contribution in [1.82, 2.24) is 4.98 Å². The molecule has 110 valence electrons. The third-order valence-corrected chi connectivity index (χ3v) is 4.92. The van der Waals surface area contributed by atoms with Crippen molar-refractivity contribution in [3.8, 4) is 0 Å². The predicted molar refractivity (Wildman–Crippen MR) is 91.7 cm³/mol. The lowest BCUT2D eigenvalue weighted by Gasteiger charge is -2.27. The fourth-order valence-corrected chi connectivity index (χ4v) is 3.74. The maximum Gasteiger partial charge on any atom is 0.128 e. The second-order valence-electron chi connectivity index (χ2n) is 5.32. The van der Waals surface area contributed by atoms with Crippen molar-refractivity contribution in [2.24, 2.45) is 0 Å². The summed E-state index contributed by atoms with van der Waals surface area (Å²) in [6.45, 7) is 0. The standard InChI is InChI=1S/C16H18ClN3S/c1-20(2)16-6-4-12(10-18-16)19-14-7-8-21-15-5-3-11(17)9-13(14)15/h3-6,9-10,14,19H,7-8H2,1-2H3. The highest BCUT2D eigenvalue weighted by molar-refractivity contribution is 7.99. The van der Waals surface area contributed by atoms with Gasteiger partial charge in [0.25, 0.3) is 0 Å². The molecule has 0 saturated heterocycles. The summed E-state index contributed by atoms with van der Waals surface area (Å²) in [6, 6.07) is 10.6. The first-order valence-electron chi connectivity index (χ1n) is 6.95. The molecule has 0 spiro atoms. The topological polar surface area (TPSA) is 28.2 Å². The van der Waals surface area contributed by atoms with Crippen LogP contribution in [0.2, 0.25) is 5.02 Å². The minimum atomic E-state index is 0.298. The van der Waals surface area contributed by atoms with Gasteiger partial charge in [0.2, 0.25) is 0 Å². The Bertz CT molecular complexity index is 628. The van der Waals surface area contributed by atoms with Crippen molar-refractivity contribution in [3.05, 3.63) is 47.1 Å². The number of hydrogen-bond donors (Lipinski definition) is 1. The molecule has 1 N–H and O–H groups in total. The van der Waals surface area contributed by atoms with Gasteiger partial charge >= 0.3 is 0 Å². The maximum atomic E-state index is 6.15. The van der Waals surface area contributed by atoms with Crippen LogP contribution in [0.25, 0.3) is 0 Å². The predicted octanol–water partition coefficient (Wildman–Crippen LogP) is 4.45. The van der Waals surface area contributed by atoms with Crippen molar-refractivity contribution in [2.75, 3.05) is 30.1 Å². The fraction of sp³-hybridized carbons (Fsp3) is 0.312. The van der Waals surface area contributed by atoms with E-state index in [-0.39, 0.29) is 0 Å². The molecule has 1 unspecified atom stereocenters. The van der Waals surface area contributed by atoms with E-state index in [0.29, 0.717) is 6.04 Å². The number of aromatic nitrogens is 1. The summed E-state index contributed by atoms with van der Waals surface area (Å²) in [5, 5.41) is 4.37. The lowest BCUT2D eigenvalue weighted by atomic mass is 10.0. The smallest absolute Gasteiger partial charge is 0.128 e. The van der Waals surface area contributed by atoms with Crippen LogP contribution < -0.4 is 10.2 Å². The van der Waals surface area contributed by atoms with Crippen LogP contribution in [-0.4, -0.2) is 24.8 Å². The largest absolute Gasteiger partial charge is 0.377 e. The zero-order valence-electron chi connectivity index (χ0n) is 12.1. The summed E-state index contributed by atoms with van der Waals surface area (Å²) in [4.78, 5) is 7.77. The van der Waals surface area contributed by atoms with E-state index in [1.54, 1.807) is 0 Å². The van der Waals surface area contributed by atoms with E-state index >= 15 is 0 Å². The molecule has 1 atom stereocenters. The van der Waals surface area contributed by atoms with E-state index < -0.39 is 0 Å². The Morgan fingerprint density at radius 3 is 2.86 bits per heavy atom. The van der Waals surface area contributed by atoms with Crippen molar-refractivity contribution in [1.29, 1.82) is 0 Å². The van der Waals surface area contributed by atoms with E-state index in [1.165, 1.54) is 10.5 Å². The van der Waals surface area contributed by atoms with Crippen LogP contribution in [0.1, 0.15) is 18.0 Å². The molecule has 0 amide bonds. The molecule has 2 aromatic rings. The number of halogens is 1. The molecule has 3 rings (SSSR count).